The lowest BCUT2D eigenvalue weighted by molar-refractivity contribution is 1.29. The second kappa shape index (κ2) is 4.74. The van der Waals surface area contributed by atoms with Gasteiger partial charge in [-0.25, -0.2) is 0 Å². The largest absolute Gasteiger partial charge is 0.0769 e. The third kappa shape index (κ3) is 2.31. The zero-order valence-electron chi connectivity index (χ0n) is 6.36. The van der Waals surface area contributed by atoms with Crippen LogP contribution in [0.15, 0.2) is 24.3 Å². The van der Waals surface area contributed by atoms with Gasteiger partial charge in [0.2, 0.25) is 0 Å². The molecule has 64 valence electrons. The first-order chi connectivity index (χ1) is 5.97. The van der Waals surface area contributed by atoms with E-state index in [1.54, 1.807) is 0 Å². The molecule has 4 heteroatoms. The SMILES string of the molecule is c1ccc2c(c1)CSSSSC2. The van der Waals surface area contributed by atoms with E-state index in [4.69, 9.17) is 0 Å². The summed E-state index contributed by atoms with van der Waals surface area (Å²) in [5.74, 6) is 2.29. The Morgan fingerprint density at radius 2 is 1.33 bits per heavy atom. The Morgan fingerprint density at radius 1 is 0.833 bits per heavy atom. The molecule has 0 bridgehead atoms. The highest BCUT2D eigenvalue weighted by Gasteiger charge is 2.06. The Kier molecular flexibility index (Phi) is 3.63. The molecule has 0 aromatic heterocycles. The van der Waals surface area contributed by atoms with Gasteiger partial charge in [0.25, 0.3) is 0 Å². The summed E-state index contributed by atoms with van der Waals surface area (Å²) < 4.78 is 0. The predicted octanol–water partition coefficient (Wildman–Crippen LogP) is 4.38. The fourth-order valence-electron chi connectivity index (χ4n) is 1.05. The van der Waals surface area contributed by atoms with Crippen molar-refractivity contribution in [2.24, 2.45) is 0 Å². The normalized spacial score (nSPS) is 17.7. The van der Waals surface area contributed by atoms with Gasteiger partial charge in [0, 0.05) is 11.5 Å². The van der Waals surface area contributed by atoms with Crippen LogP contribution >= 0.6 is 41.2 Å². The molecule has 0 fully saturated rings. The summed E-state index contributed by atoms with van der Waals surface area (Å²) in [4.78, 5) is 0. The van der Waals surface area contributed by atoms with E-state index < -0.39 is 0 Å². The molecule has 0 unspecified atom stereocenters. The minimum atomic E-state index is 1.15. The highest BCUT2D eigenvalue weighted by Crippen LogP contribution is 2.47. The van der Waals surface area contributed by atoms with E-state index in [-0.39, 0.29) is 0 Å². The van der Waals surface area contributed by atoms with Crippen molar-refractivity contribution in [3.8, 4) is 0 Å². The molecule has 0 N–H and O–H groups in total. The van der Waals surface area contributed by atoms with E-state index in [2.05, 4.69) is 24.3 Å². The molecule has 2 rings (SSSR count). The molecule has 0 saturated carbocycles. The quantitative estimate of drug-likeness (QED) is 0.609. The lowest BCUT2D eigenvalue weighted by Gasteiger charge is -2.10. The standard InChI is InChI=1S/C8H8S4/c1-2-4-8-6-10-12-11-9-5-7(8)3-1/h1-4H,5-6H2. The average Bonchev–Trinajstić information content (AvgIpc) is 2.06. The van der Waals surface area contributed by atoms with Crippen LogP contribution in [-0.2, 0) is 11.5 Å². The van der Waals surface area contributed by atoms with Gasteiger partial charge in [0.15, 0.2) is 0 Å². The predicted molar refractivity (Wildman–Crippen MR) is 64.2 cm³/mol. The van der Waals surface area contributed by atoms with Gasteiger partial charge >= 0.3 is 0 Å². The number of fused-ring (bicyclic) bond motifs is 1. The van der Waals surface area contributed by atoms with Crippen LogP contribution in [0.2, 0.25) is 0 Å². The molecule has 0 spiro atoms. The number of hydrogen-bond acceptors (Lipinski definition) is 4. The summed E-state index contributed by atoms with van der Waals surface area (Å²) in [6.07, 6.45) is 0. The molecule has 0 saturated heterocycles. The monoisotopic (exact) mass is 232 g/mol. The number of rotatable bonds is 0. The van der Waals surface area contributed by atoms with Crippen LogP contribution in [-0.4, -0.2) is 0 Å². The van der Waals surface area contributed by atoms with Crippen molar-refractivity contribution in [3.05, 3.63) is 35.4 Å². The lowest BCUT2D eigenvalue weighted by atomic mass is 10.1. The minimum Gasteiger partial charge on any atom is -0.0769 e. The van der Waals surface area contributed by atoms with Gasteiger partial charge in [0.05, 0.1) is 0 Å². The molecule has 1 aromatic rings. The first-order valence-electron chi connectivity index (χ1n) is 3.61. The summed E-state index contributed by atoms with van der Waals surface area (Å²) in [5, 5.41) is 0. The van der Waals surface area contributed by atoms with Gasteiger partial charge < -0.3 is 0 Å². The van der Waals surface area contributed by atoms with Gasteiger partial charge in [-0.2, -0.15) is 0 Å². The first-order valence-corrected chi connectivity index (χ1v) is 8.77. The molecule has 1 aliphatic heterocycles. The zero-order chi connectivity index (χ0) is 8.23. The maximum Gasteiger partial charge on any atom is 0.0300 e. The van der Waals surface area contributed by atoms with Crippen LogP contribution in [0.4, 0.5) is 0 Å². The topological polar surface area (TPSA) is 0 Å². The Bertz CT molecular complexity index is 234. The summed E-state index contributed by atoms with van der Waals surface area (Å²) in [7, 11) is 7.64. The van der Waals surface area contributed by atoms with Crippen molar-refractivity contribution in [3.63, 3.8) is 0 Å². The Balaban J connectivity index is 2.24. The van der Waals surface area contributed by atoms with Crippen LogP contribution in [0.3, 0.4) is 0 Å². The van der Waals surface area contributed by atoms with Crippen molar-refractivity contribution < 1.29 is 0 Å². The second-order valence-electron chi connectivity index (χ2n) is 2.43. The van der Waals surface area contributed by atoms with Crippen LogP contribution < -0.4 is 0 Å². The van der Waals surface area contributed by atoms with E-state index in [1.807, 2.05) is 41.2 Å². The van der Waals surface area contributed by atoms with Gasteiger partial charge in [0.1, 0.15) is 0 Å². The summed E-state index contributed by atoms with van der Waals surface area (Å²) >= 11 is 0. The van der Waals surface area contributed by atoms with Crippen LogP contribution in [0.25, 0.3) is 0 Å². The van der Waals surface area contributed by atoms with Gasteiger partial charge in [-0.15, -0.1) is 0 Å². The molecule has 0 aliphatic carbocycles. The third-order valence-electron chi connectivity index (χ3n) is 1.67. The van der Waals surface area contributed by atoms with Crippen LogP contribution in [0.5, 0.6) is 0 Å². The minimum absolute atomic E-state index is 1.15. The van der Waals surface area contributed by atoms with E-state index in [1.165, 1.54) is 11.1 Å². The smallest absolute Gasteiger partial charge is 0.0300 e. The summed E-state index contributed by atoms with van der Waals surface area (Å²) in [6, 6.07) is 8.73. The average molecular weight is 232 g/mol. The Morgan fingerprint density at radius 3 is 1.83 bits per heavy atom. The van der Waals surface area contributed by atoms with E-state index in [0.29, 0.717) is 0 Å². The molecule has 0 atom stereocenters. The molecule has 1 aliphatic rings. The molecule has 0 radical (unpaired) electrons. The molecule has 0 amide bonds. The van der Waals surface area contributed by atoms with Crippen molar-refractivity contribution >= 4 is 41.2 Å². The second-order valence-corrected chi connectivity index (χ2v) is 8.43. The summed E-state index contributed by atoms with van der Waals surface area (Å²) in [6.45, 7) is 0. The zero-order valence-corrected chi connectivity index (χ0v) is 9.62. The molecule has 1 aromatic carbocycles. The van der Waals surface area contributed by atoms with E-state index >= 15 is 0 Å². The fourth-order valence-corrected chi connectivity index (χ4v) is 7.03. The number of benzene rings is 1. The Hall–Kier alpha value is 0.620. The van der Waals surface area contributed by atoms with Gasteiger partial charge in [-0.1, -0.05) is 45.9 Å². The van der Waals surface area contributed by atoms with Crippen LogP contribution in [0, 0.1) is 0 Å². The van der Waals surface area contributed by atoms with Gasteiger partial charge in [-0.3, -0.25) is 0 Å². The molecule has 12 heavy (non-hydrogen) atoms. The number of hydrogen-bond donors (Lipinski definition) is 0. The van der Waals surface area contributed by atoms with Crippen molar-refractivity contribution in [1.29, 1.82) is 0 Å². The third-order valence-corrected chi connectivity index (χ3v) is 7.96. The van der Waals surface area contributed by atoms with Crippen LogP contribution in [0.1, 0.15) is 11.1 Å². The molecular weight excluding hydrogens is 224 g/mol. The van der Waals surface area contributed by atoms with Crippen molar-refractivity contribution in [2.45, 2.75) is 11.5 Å². The Labute approximate surface area is 87.8 Å². The summed E-state index contributed by atoms with van der Waals surface area (Å²) in [5.41, 5.74) is 3.01. The van der Waals surface area contributed by atoms with E-state index in [9.17, 15) is 0 Å². The fraction of sp³-hybridized carbons (Fsp3) is 0.250. The highest BCUT2D eigenvalue weighted by molar-refractivity contribution is 9.26. The van der Waals surface area contributed by atoms with E-state index in [0.717, 1.165) is 11.5 Å². The molecular formula is C8H8S4. The first kappa shape index (κ1) is 9.19. The van der Waals surface area contributed by atoms with Crippen molar-refractivity contribution in [2.75, 3.05) is 0 Å². The van der Waals surface area contributed by atoms with Crippen molar-refractivity contribution in [1.82, 2.24) is 0 Å². The lowest BCUT2D eigenvalue weighted by Crippen LogP contribution is -1.89. The van der Waals surface area contributed by atoms with Gasteiger partial charge in [-0.05, 0) is 30.8 Å². The molecule has 1 heterocycles. The maximum absolute atomic E-state index is 2.24. The highest BCUT2D eigenvalue weighted by atomic mass is 33.7. The maximum atomic E-state index is 2.24. The molecule has 0 nitrogen and oxygen atoms in total.